The number of rotatable bonds is 3. The highest BCUT2D eigenvalue weighted by Crippen LogP contribution is 2.28. The van der Waals surface area contributed by atoms with Gasteiger partial charge in [-0.2, -0.15) is 0 Å². The molecule has 84 valence electrons. The maximum atomic E-state index is 5.79. The summed E-state index contributed by atoms with van der Waals surface area (Å²) in [6.45, 7) is 7.03. The molecule has 1 rings (SSSR count). The Balaban J connectivity index is 3.06. The molecule has 0 spiro atoms. The largest absolute Gasteiger partial charge is 0.380 e. The van der Waals surface area contributed by atoms with Crippen LogP contribution in [0.1, 0.15) is 26.3 Å². The van der Waals surface area contributed by atoms with Gasteiger partial charge in [0.25, 0.3) is 0 Å². The monoisotopic (exact) mass is 224 g/mol. The molecule has 0 aliphatic carbocycles. The fraction of sp³-hybridized carbons (Fsp3) is 0.500. The zero-order valence-electron chi connectivity index (χ0n) is 9.92. The summed E-state index contributed by atoms with van der Waals surface area (Å²) in [5.41, 5.74) is 8.22. The highest BCUT2D eigenvalue weighted by Gasteiger charge is 2.13. The lowest BCUT2D eigenvalue weighted by Crippen LogP contribution is -2.27. The summed E-state index contributed by atoms with van der Waals surface area (Å²) in [6.07, 6.45) is 2.08. The van der Waals surface area contributed by atoms with Gasteiger partial charge in [0.05, 0.1) is 0 Å². The molecule has 1 aromatic carbocycles. The summed E-state index contributed by atoms with van der Waals surface area (Å²) in [6, 6.07) is 6.27. The Bertz CT molecular complexity index is 329. The van der Waals surface area contributed by atoms with Crippen molar-refractivity contribution in [3.05, 3.63) is 23.8 Å². The molecular formula is C12H20N2S. The molecule has 0 aliphatic rings. The van der Waals surface area contributed by atoms with Gasteiger partial charge in [0.1, 0.15) is 0 Å². The van der Waals surface area contributed by atoms with Gasteiger partial charge in [-0.05, 0) is 39.2 Å². The number of anilines is 1. The van der Waals surface area contributed by atoms with Crippen molar-refractivity contribution in [3.63, 3.8) is 0 Å². The molecule has 0 unspecified atom stereocenters. The van der Waals surface area contributed by atoms with E-state index in [-0.39, 0.29) is 5.54 Å². The van der Waals surface area contributed by atoms with Gasteiger partial charge >= 0.3 is 0 Å². The van der Waals surface area contributed by atoms with Gasteiger partial charge in [-0.25, -0.2) is 0 Å². The molecule has 0 aliphatic heterocycles. The Morgan fingerprint density at radius 1 is 1.33 bits per heavy atom. The Labute approximate surface area is 96.6 Å². The molecule has 2 nitrogen and oxygen atoms in total. The second-order valence-electron chi connectivity index (χ2n) is 4.57. The van der Waals surface area contributed by atoms with Gasteiger partial charge in [-0.3, -0.25) is 0 Å². The maximum absolute atomic E-state index is 5.79. The normalized spacial score (nSPS) is 11.5. The van der Waals surface area contributed by atoms with Crippen LogP contribution in [0.2, 0.25) is 0 Å². The van der Waals surface area contributed by atoms with Crippen molar-refractivity contribution in [3.8, 4) is 0 Å². The van der Waals surface area contributed by atoms with E-state index in [1.807, 2.05) is 0 Å². The Kier molecular flexibility index (Phi) is 4.05. The predicted molar refractivity (Wildman–Crippen MR) is 69.5 cm³/mol. The van der Waals surface area contributed by atoms with Crippen LogP contribution in [0, 0.1) is 0 Å². The molecule has 15 heavy (non-hydrogen) atoms. The third kappa shape index (κ3) is 3.43. The molecule has 0 saturated carbocycles. The van der Waals surface area contributed by atoms with Crippen molar-refractivity contribution in [2.24, 2.45) is 5.73 Å². The second-order valence-corrected chi connectivity index (χ2v) is 5.41. The molecule has 0 aromatic heterocycles. The van der Waals surface area contributed by atoms with E-state index < -0.39 is 0 Å². The zero-order chi connectivity index (χ0) is 11.5. The van der Waals surface area contributed by atoms with Gasteiger partial charge in [-0.1, -0.05) is 6.07 Å². The van der Waals surface area contributed by atoms with Crippen molar-refractivity contribution < 1.29 is 0 Å². The summed E-state index contributed by atoms with van der Waals surface area (Å²) in [5.74, 6) is 0. The van der Waals surface area contributed by atoms with Crippen molar-refractivity contribution >= 4 is 17.4 Å². The number of hydrogen-bond donors (Lipinski definition) is 2. The van der Waals surface area contributed by atoms with Crippen molar-refractivity contribution in [2.45, 2.75) is 37.8 Å². The fourth-order valence-electron chi connectivity index (χ4n) is 1.49. The third-order valence-electron chi connectivity index (χ3n) is 2.07. The topological polar surface area (TPSA) is 38.0 Å². The molecule has 3 heteroatoms. The highest BCUT2D eigenvalue weighted by atomic mass is 32.2. The zero-order valence-corrected chi connectivity index (χ0v) is 10.7. The van der Waals surface area contributed by atoms with E-state index in [2.05, 4.69) is 50.5 Å². The van der Waals surface area contributed by atoms with E-state index in [0.717, 1.165) is 5.69 Å². The Morgan fingerprint density at radius 3 is 2.47 bits per heavy atom. The smallest absolute Gasteiger partial charge is 0.0401 e. The lowest BCUT2D eigenvalue weighted by Gasteiger charge is -2.24. The van der Waals surface area contributed by atoms with E-state index in [0.29, 0.717) is 6.54 Å². The molecular weight excluding hydrogens is 204 g/mol. The first-order valence-electron chi connectivity index (χ1n) is 5.12. The second kappa shape index (κ2) is 4.90. The summed E-state index contributed by atoms with van der Waals surface area (Å²) >= 11 is 1.74. The molecule has 1 aromatic rings. The van der Waals surface area contributed by atoms with Crippen LogP contribution in [0.3, 0.4) is 0 Å². The molecule has 0 saturated heterocycles. The summed E-state index contributed by atoms with van der Waals surface area (Å²) in [5, 5.41) is 3.48. The summed E-state index contributed by atoms with van der Waals surface area (Å²) in [7, 11) is 0. The molecule has 0 fully saturated rings. The van der Waals surface area contributed by atoms with E-state index in [1.54, 1.807) is 11.8 Å². The van der Waals surface area contributed by atoms with Crippen molar-refractivity contribution in [1.29, 1.82) is 0 Å². The molecule has 3 N–H and O–H groups in total. The molecule has 0 radical (unpaired) electrons. The summed E-state index contributed by atoms with van der Waals surface area (Å²) in [4.78, 5) is 1.26. The van der Waals surface area contributed by atoms with E-state index >= 15 is 0 Å². The minimum Gasteiger partial charge on any atom is -0.380 e. The first-order valence-corrected chi connectivity index (χ1v) is 6.34. The SMILES string of the molecule is CSc1cccc(NC(C)(C)C)c1CN. The number of thioether (sulfide) groups is 1. The standard InChI is InChI=1S/C12H20N2S/c1-12(2,3)14-10-6-5-7-11(15-4)9(10)8-13/h5-7,14H,8,13H2,1-4H3. The van der Waals surface area contributed by atoms with Crippen LogP contribution in [-0.4, -0.2) is 11.8 Å². The van der Waals surface area contributed by atoms with Crippen LogP contribution in [0.5, 0.6) is 0 Å². The lowest BCUT2D eigenvalue weighted by atomic mass is 10.1. The van der Waals surface area contributed by atoms with Gasteiger partial charge in [0.15, 0.2) is 0 Å². The number of benzene rings is 1. The van der Waals surface area contributed by atoms with E-state index in [1.165, 1.54) is 10.5 Å². The Hall–Kier alpha value is -0.670. The summed E-state index contributed by atoms with van der Waals surface area (Å²) < 4.78 is 0. The predicted octanol–water partition coefficient (Wildman–Crippen LogP) is 3.08. The Morgan fingerprint density at radius 2 is 2.00 bits per heavy atom. The van der Waals surface area contributed by atoms with Gasteiger partial charge in [0.2, 0.25) is 0 Å². The average molecular weight is 224 g/mol. The van der Waals surface area contributed by atoms with Gasteiger partial charge < -0.3 is 11.1 Å². The van der Waals surface area contributed by atoms with Crippen molar-refractivity contribution in [1.82, 2.24) is 0 Å². The van der Waals surface area contributed by atoms with Gasteiger partial charge in [-0.15, -0.1) is 11.8 Å². The number of nitrogens with one attached hydrogen (secondary N) is 1. The van der Waals surface area contributed by atoms with E-state index in [9.17, 15) is 0 Å². The van der Waals surface area contributed by atoms with Crippen LogP contribution in [-0.2, 0) is 6.54 Å². The minimum atomic E-state index is 0.0704. The first kappa shape index (κ1) is 12.4. The van der Waals surface area contributed by atoms with Crippen LogP contribution in [0.4, 0.5) is 5.69 Å². The molecule has 0 bridgehead atoms. The average Bonchev–Trinajstić information content (AvgIpc) is 2.15. The van der Waals surface area contributed by atoms with Crippen LogP contribution >= 0.6 is 11.8 Å². The van der Waals surface area contributed by atoms with Gasteiger partial charge in [0, 0.05) is 28.2 Å². The lowest BCUT2D eigenvalue weighted by molar-refractivity contribution is 0.632. The van der Waals surface area contributed by atoms with Crippen LogP contribution in [0.25, 0.3) is 0 Å². The fourth-order valence-corrected chi connectivity index (χ4v) is 2.14. The highest BCUT2D eigenvalue weighted by molar-refractivity contribution is 7.98. The quantitative estimate of drug-likeness (QED) is 0.775. The molecule has 0 amide bonds. The first-order chi connectivity index (χ1) is 6.98. The van der Waals surface area contributed by atoms with E-state index in [4.69, 9.17) is 5.73 Å². The van der Waals surface area contributed by atoms with Crippen molar-refractivity contribution in [2.75, 3.05) is 11.6 Å². The maximum Gasteiger partial charge on any atom is 0.0401 e. The number of hydrogen-bond acceptors (Lipinski definition) is 3. The third-order valence-corrected chi connectivity index (χ3v) is 2.89. The molecule has 0 heterocycles. The molecule has 0 atom stereocenters. The van der Waals surface area contributed by atoms with Crippen LogP contribution in [0.15, 0.2) is 23.1 Å². The number of nitrogens with two attached hydrogens (primary N) is 1. The van der Waals surface area contributed by atoms with Crippen LogP contribution < -0.4 is 11.1 Å². The minimum absolute atomic E-state index is 0.0704.